The predicted molar refractivity (Wildman–Crippen MR) is 67.1 cm³/mol. The minimum absolute atomic E-state index is 0.0865. The molecule has 0 aliphatic carbocycles. The smallest absolute Gasteiger partial charge is 0.120 e. The number of aromatic hydroxyl groups is 1. The molecule has 0 aliphatic rings. The number of nitrogens with one attached hydrogen (secondary N) is 1. The molecule has 0 amide bonds. The minimum atomic E-state index is 0.0865. The van der Waals surface area contributed by atoms with Crippen molar-refractivity contribution in [3.8, 4) is 5.75 Å². The SMILES string of the molecule is C[C@@H](NCc1cc(Cl)ccc1O)c1ccco1. The fourth-order valence-electron chi connectivity index (χ4n) is 1.60. The lowest BCUT2D eigenvalue weighted by Gasteiger charge is -2.12. The number of phenolic OH excluding ortho intramolecular Hbond substituents is 1. The van der Waals surface area contributed by atoms with E-state index in [1.54, 1.807) is 24.5 Å². The van der Waals surface area contributed by atoms with Gasteiger partial charge < -0.3 is 14.8 Å². The average Bonchev–Trinajstić information content (AvgIpc) is 2.83. The highest BCUT2D eigenvalue weighted by Gasteiger charge is 2.09. The molecular formula is C13H14ClNO2. The van der Waals surface area contributed by atoms with Gasteiger partial charge in [-0.05, 0) is 37.3 Å². The first kappa shape index (κ1) is 12.0. The molecule has 4 heteroatoms. The summed E-state index contributed by atoms with van der Waals surface area (Å²) in [4.78, 5) is 0. The van der Waals surface area contributed by atoms with Gasteiger partial charge in [-0.1, -0.05) is 11.6 Å². The zero-order chi connectivity index (χ0) is 12.3. The fraction of sp³-hybridized carbons (Fsp3) is 0.231. The quantitative estimate of drug-likeness (QED) is 0.874. The summed E-state index contributed by atoms with van der Waals surface area (Å²) in [5.41, 5.74) is 0.774. The van der Waals surface area contributed by atoms with Crippen molar-refractivity contribution in [2.24, 2.45) is 0 Å². The van der Waals surface area contributed by atoms with E-state index in [-0.39, 0.29) is 11.8 Å². The van der Waals surface area contributed by atoms with Gasteiger partial charge in [-0.2, -0.15) is 0 Å². The Kier molecular flexibility index (Phi) is 3.71. The zero-order valence-electron chi connectivity index (χ0n) is 9.48. The van der Waals surface area contributed by atoms with Crippen molar-refractivity contribution in [2.45, 2.75) is 19.5 Å². The highest BCUT2D eigenvalue weighted by atomic mass is 35.5. The van der Waals surface area contributed by atoms with Gasteiger partial charge in [-0.3, -0.25) is 0 Å². The van der Waals surface area contributed by atoms with Crippen LogP contribution in [0.15, 0.2) is 41.0 Å². The maximum absolute atomic E-state index is 9.66. The molecule has 0 fully saturated rings. The number of phenols is 1. The molecule has 2 rings (SSSR count). The number of halogens is 1. The molecule has 0 saturated carbocycles. The fourth-order valence-corrected chi connectivity index (χ4v) is 1.79. The highest BCUT2D eigenvalue weighted by Crippen LogP contribution is 2.22. The van der Waals surface area contributed by atoms with E-state index in [1.165, 1.54) is 0 Å². The van der Waals surface area contributed by atoms with Gasteiger partial charge in [0.05, 0.1) is 12.3 Å². The second kappa shape index (κ2) is 5.25. The summed E-state index contributed by atoms with van der Waals surface area (Å²) in [5, 5.41) is 13.5. The zero-order valence-corrected chi connectivity index (χ0v) is 10.2. The van der Waals surface area contributed by atoms with Crippen LogP contribution in [0.4, 0.5) is 0 Å². The molecule has 0 radical (unpaired) electrons. The molecule has 0 saturated heterocycles. The Labute approximate surface area is 105 Å². The van der Waals surface area contributed by atoms with Crippen molar-refractivity contribution in [2.75, 3.05) is 0 Å². The van der Waals surface area contributed by atoms with Gasteiger partial charge in [0.1, 0.15) is 11.5 Å². The first-order chi connectivity index (χ1) is 8.16. The summed E-state index contributed by atoms with van der Waals surface area (Å²) in [5.74, 6) is 1.11. The molecule has 2 N–H and O–H groups in total. The van der Waals surface area contributed by atoms with Gasteiger partial charge in [-0.15, -0.1) is 0 Å². The molecule has 17 heavy (non-hydrogen) atoms. The first-order valence-electron chi connectivity index (χ1n) is 5.41. The monoisotopic (exact) mass is 251 g/mol. The van der Waals surface area contributed by atoms with Crippen molar-refractivity contribution in [3.63, 3.8) is 0 Å². The lowest BCUT2D eigenvalue weighted by Crippen LogP contribution is -2.17. The van der Waals surface area contributed by atoms with Crippen molar-refractivity contribution >= 4 is 11.6 Å². The van der Waals surface area contributed by atoms with E-state index in [0.717, 1.165) is 11.3 Å². The van der Waals surface area contributed by atoms with Crippen molar-refractivity contribution in [3.05, 3.63) is 52.9 Å². The van der Waals surface area contributed by atoms with E-state index in [9.17, 15) is 5.11 Å². The Hall–Kier alpha value is -1.45. The third kappa shape index (κ3) is 3.02. The molecule has 3 nitrogen and oxygen atoms in total. The molecule has 1 atom stereocenters. The number of hydrogen-bond donors (Lipinski definition) is 2. The Morgan fingerprint density at radius 3 is 2.94 bits per heavy atom. The van der Waals surface area contributed by atoms with Crippen LogP contribution < -0.4 is 5.32 Å². The second-order valence-corrected chi connectivity index (χ2v) is 4.33. The highest BCUT2D eigenvalue weighted by molar-refractivity contribution is 6.30. The van der Waals surface area contributed by atoms with E-state index < -0.39 is 0 Å². The predicted octanol–water partition coefficient (Wildman–Crippen LogP) is 3.49. The molecule has 0 bridgehead atoms. The molecule has 0 spiro atoms. The molecule has 0 unspecified atom stereocenters. The van der Waals surface area contributed by atoms with E-state index in [4.69, 9.17) is 16.0 Å². The Morgan fingerprint density at radius 1 is 1.41 bits per heavy atom. The Balaban J connectivity index is 2.00. The molecule has 1 heterocycles. The van der Waals surface area contributed by atoms with Crippen LogP contribution in [0.1, 0.15) is 24.3 Å². The Morgan fingerprint density at radius 2 is 2.24 bits per heavy atom. The number of rotatable bonds is 4. The van der Waals surface area contributed by atoms with Crippen LogP contribution in [0, 0.1) is 0 Å². The first-order valence-corrected chi connectivity index (χ1v) is 5.79. The van der Waals surface area contributed by atoms with E-state index in [1.807, 2.05) is 19.1 Å². The van der Waals surface area contributed by atoms with Crippen LogP contribution in [-0.2, 0) is 6.54 Å². The Bertz CT molecular complexity index is 482. The van der Waals surface area contributed by atoms with Crippen molar-refractivity contribution < 1.29 is 9.52 Å². The number of benzene rings is 1. The summed E-state index contributed by atoms with van der Waals surface area (Å²) in [6, 6.07) is 8.86. The van der Waals surface area contributed by atoms with Gasteiger partial charge in [0, 0.05) is 17.1 Å². The second-order valence-electron chi connectivity index (χ2n) is 3.89. The van der Waals surface area contributed by atoms with Crippen LogP contribution in [0.2, 0.25) is 5.02 Å². The third-order valence-electron chi connectivity index (χ3n) is 2.61. The van der Waals surface area contributed by atoms with Crippen molar-refractivity contribution in [1.29, 1.82) is 0 Å². The lowest BCUT2D eigenvalue weighted by molar-refractivity contribution is 0.422. The van der Waals surface area contributed by atoms with Gasteiger partial charge in [0.15, 0.2) is 0 Å². The normalized spacial score (nSPS) is 12.6. The van der Waals surface area contributed by atoms with Gasteiger partial charge in [0.2, 0.25) is 0 Å². The molecule has 90 valence electrons. The third-order valence-corrected chi connectivity index (χ3v) is 2.85. The van der Waals surface area contributed by atoms with E-state index in [0.29, 0.717) is 11.6 Å². The maximum atomic E-state index is 9.66. The number of furan rings is 1. The summed E-state index contributed by atoms with van der Waals surface area (Å²) in [7, 11) is 0. The summed E-state index contributed by atoms with van der Waals surface area (Å²) in [6.45, 7) is 2.54. The number of hydrogen-bond acceptors (Lipinski definition) is 3. The van der Waals surface area contributed by atoms with Crippen LogP contribution >= 0.6 is 11.6 Å². The summed E-state index contributed by atoms with van der Waals surface area (Å²) in [6.07, 6.45) is 1.64. The van der Waals surface area contributed by atoms with Crippen LogP contribution in [0.3, 0.4) is 0 Å². The summed E-state index contributed by atoms with van der Waals surface area (Å²) < 4.78 is 5.29. The van der Waals surface area contributed by atoms with Gasteiger partial charge >= 0.3 is 0 Å². The molecule has 1 aromatic carbocycles. The molecule has 2 aromatic rings. The molecule has 0 aliphatic heterocycles. The lowest BCUT2D eigenvalue weighted by atomic mass is 10.2. The summed E-state index contributed by atoms with van der Waals surface area (Å²) >= 11 is 5.87. The van der Waals surface area contributed by atoms with Gasteiger partial charge in [-0.25, -0.2) is 0 Å². The standard InChI is InChI=1S/C13H14ClNO2/c1-9(13-3-2-6-17-13)15-8-10-7-11(14)4-5-12(10)16/h2-7,9,15-16H,8H2,1H3/t9-/m1/s1. The van der Waals surface area contributed by atoms with Crippen LogP contribution in [-0.4, -0.2) is 5.11 Å². The maximum Gasteiger partial charge on any atom is 0.120 e. The molecule has 1 aromatic heterocycles. The van der Waals surface area contributed by atoms with E-state index in [2.05, 4.69) is 5.32 Å². The largest absolute Gasteiger partial charge is 0.508 e. The van der Waals surface area contributed by atoms with Crippen LogP contribution in [0.25, 0.3) is 0 Å². The van der Waals surface area contributed by atoms with Crippen LogP contribution in [0.5, 0.6) is 5.75 Å². The van der Waals surface area contributed by atoms with E-state index >= 15 is 0 Å². The van der Waals surface area contributed by atoms with Crippen molar-refractivity contribution in [1.82, 2.24) is 5.32 Å². The van der Waals surface area contributed by atoms with Gasteiger partial charge in [0.25, 0.3) is 0 Å². The molecular weight excluding hydrogens is 238 g/mol. The average molecular weight is 252 g/mol. The topological polar surface area (TPSA) is 45.4 Å². The minimum Gasteiger partial charge on any atom is -0.508 e.